The van der Waals surface area contributed by atoms with Gasteiger partial charge in [0, 0.05) is 25.7 Å². The van der Waals surface area contributed by atoms with Gasteiger partial charge in [-0.1, -0.05) is 0 Å². The molecule has 0 spiro atoms. The fourth-order valence-corrected chi connectivity index (χ4v) is 2.06. The first kappa shape index (κ1) is 14.4. The Morgan fingerprint density at radius 3 is 2.94 bits per heavy atom. The summed E-state index contributed by atoms with van der Waals surface area (Å²) in [4.78, 5) is 13.8. The van der Waals surface area contributed by atoms with Crippen LogP contribution in [0.3, 0.4) is 0 Å². The van der Waals surface area contributed by atoms with E-state index in [1.165, 1.54) is 6.42 Å². The van der Waals surface area contributed by atoms with Crippen molar-refractivity contribution >= 4 is 5.91 Å². The molecule has 0 aromatic carbocycles. The predicted octanol–water partition coefficient (Wildman–Crippen LogP) is -0.192. The zero-order valence-corrected chi connectivity index (χ0v) is 10.9. The number of nitrogens with zero attached hydrogens (tertiary/aromatic N) is 1. The van der Waals surface area contributed by atoms with E-state index in [-0.39, 0.29) is 12.5 Å². The predicted molar refractivity (Wildman–Crippen MR) is 67.7 cm³/mol. The molecular formula is C12H25N3O2. The maximum atomic E-state index is 11.4. The Hall–Kier alpha value is -0.650. The number of nitrogens with one attached hydrogen (secondary N) is 1. The van der Waals surface area contributed by atoms with Crippen molar-refractivity contribution in [3.8, 4) is 0 Å². The number of hydrogen-bond acceptors (Lipinski definition) is 4. The summed E-state index contributed by atoms with van der Waals surface area (Å²) in [6.45, 7) is 8.43. The Labute approximate surface area is 104 Å². The molecule has 0 aromatic heterocycles. The molecule has 0 saturated carbocycles. The highest BCUT2D eigenvalue weighted by Gasteiger charge is 2.24. The fourth-order valence-electron chi connectivity index (χ4n) is 2.06. The quantitative estimate of drug-likeness (QED) is 0.608. The van der Waals surface area contributed by atoms with Gasteiger partial charge in [-0.2, -0.15) is 0 Å². The minimum absolute atomic E-state index is 0.0403. The summed E-state index contributed by atoms with van der Waals surface area (Å²) in [5.74, 6) is 0.539. The molecule has 1 saturated heterocycles. The topological polar surface area (TPSA) is 67.6 Å². The first-order valence-electron chi connectivity index (χ1n) is 6.42. The summed E-state index contributed by atoms with van der Waals surface area (Å²) in [5.41, 5.74) is 5.27. The first-order valence-corrected chi connectivity index (χ1v) is 6.42. The minimum atomic E-state index is -0.0403. The summed E-state index contributed by atoms with van der Waals surface area (Å²) >= 11 is 0. The van der Waals surface area contributed by atoms with E-state index in [4.69, 9.17) is 10.5 Å². The molecular weight excluding hydrogens is 218 g/mol. The number of likely N-dealkylation sites (tertiary alicyclic amines) is 1. The first-order chi connectivity index (χ1) is 8.13. The van der Waals surface area contributed by atoms with Crippen molar-refractivity contribution in [1.29, 1.82) is 0 Å². The van der Waals surface area contributed by atoms with Crippen LogP contribution in [0.25, 0.3) is 0 Å². The van der Waals surface area contributed by atoms with E-state index in [0.29, 0.717) is 25.1 Å². The third-order valence-corrected chi connectivity index (χ3v) is 3.13. The van der Waals surface area contributed by atoms with Crippen LogP contribution in [-0.2, 0) is 9.53 Å². The van der Waals surface area contributed by atoms with Crippen LogP contribution in [0.2, 0.25) is 0 Å². The normalized spacial score (nSPS) is 21.1. The van der Waals surface area contributed by atoms with Crippen molar-refractivity contribution in [2.45, 2.75) is 26.3 Å². The van der Waals surface area contributed by atoms with E-state index in [9.17, 15) is 4.79 Å². The molecule has 1 aliphatic rings. The highest BCUT2D eigenvalue weighted by atomic mass is 16.5. The van der Waals surface area contributed by atoms with Crippen molar-refractivity contribution in [3.63, 3.8) is 0 Å². The van der Waals surface area contributed by atoms with Crippen LogP contribution in [0.5, 0.6) is 0 Å². The average Bonchev–Trinajstić information content (AvgIpc) is 2.75. The van der Waals surface area contributed by atoms with Gasteiger partial charge in [-0.15, -0.1) is 0 Å². The molecule has 1 rings (SSSR count). The second kappa shape index (κ2) is 7.63. The number of carbonyl (C=O) groups excluding carboxylic acids is 1. The van der Waals surface area contributed by atoms with E-state index in [1.54, 1.807) is 0 Å². The zero-order valence-electron chi connectivity index (χ0n) is 10.9. The molecule has 0 radical (unpaired) electrons. The van der Waals surface area contributed by atoms with Crippen LogP contribution in [0.15, 0.2) is 0 Å². The van der Waals surface area contributed by atoms with E-state index in [0.717, 1.165) is 19.6 Å². The Balaban J connectivity index is 2.09. The molecule has 1 aliphatic heterocycles. The summed E-state index contributed by atoms with van der Waals surface area (Å²) in [6.07, 6.45) is 1.17. The molecule has 1 heterocycles. The maximum Gasteiger partial charge on any atom is 0.246 e. The zero-order chi connectivity index (χ0) is 12.7. The van der Waals surface area contributed by atoms with Crippen LogP contribution in [-0.4, -0.2) is 56.2 Å². The summed E-state index contributed by atoms with van der Waals surface area (Å²) in [7, 11) is 0. The van der Waals surface area contributed by atoms with Crippen molar-refractivity contribution in [2.75, 3.05) is 39.4 Å². The van der Waals surface area contributed by atoms with Gasteiger partial charge in [-0.25, -0.2) is 0 Å². The second-order valence-corrected chi connectivity index (χ2v) is 4.89. The molecule has 1 fully saturated rings. The lowest BCUT2D eigenvalue weighted by Crippen LogP contribution is -2.34. The number of amides is 1. The van der Waals surface area contributed by atoms with Crippen LogP contribution in [0.1, 0.15) is 20.3 Å². The van der Waals surface area contributed by atoms with Gasteiger partial charge in [0.2, 0.25) is 5.91 Å². The third kappa shape index (κ3) is 5.48. The number of rotatable bonds is 7. The van der Waals surface area contributed by atoms with Crippen LogP contribution in [0.4, 0.5) is 0 Å². The second-order valence-electron chi connectivity index (χ2n) is 4.89. The van der Waals surface area contributed by atoms with Crippen LogP contribution >= 0.6 is 0 Å². The van der Waals surface area contributed by atoms with Gasteiger partial charge in [-0.05, 0) is 32.7 Å². The summed E-state index contributed by atoms with van der Waals surface area (Å²) < 4.78 is 5.07. The molecule has 0 bridgehead atoms. The summed E-state index contributed by atoms with van der Waals surface area (Å²) in [5, 5.41) is 2.91. The van der Waals surface area contributed by atoms with Gasteiger partial charge in [0.15, 0.2) is 0 Å². The standard InChI is InChI=1S/C12H25N3O2/c1-10(2)15-5-3-11(8-15)7-14-12(16)9-17-6-4-13/h10-11H,3-9,13H2,1-2H3,(H,14,16). The van der Waals surface area contributed by atoms with E-state index >= 15 is 0 Å². The SMILES string of the molecule is CC(C)N1CCC(CNC(=O)COCCN)C1. The molecule has 1 atom stereocenters. The Morgan fingerprint density at radius 1 is 1.59 bits per heavy atom. The van der Waals surface area contributed by atoms with Gasteiger partial charge in [0.1, 0.15) is 6.61 Å². The highest BCUT2D eigenvalue weighted by Crippen LogP contribution is 2.17. The lowest BCUT2D eigenvalue weighted by molar-refractivity contribution is -0.125. The van der Waals surface area contributed by atoms with E-state index in [2.05, 4.69) is 24.1 Å². The van der Waals surface area contributed by atoms with Crippen molar-refractivity contribution in [1.82, 2.24) is 10.2 Å². The maximum absolute atomic E-state index is 11.4. The molecule has 5 nitrogen and oxygen atoms in total. The summed E-state index contributed by atoms with van der Waals surface area (Å²) in [6, 6.07) is 0.601. The number of carbonyl (C=O) groups is 1. The van der Waals surface area contributed by atoms with E-state index in [1.807, 2.05) is 0 Å². The van der Waals surface area contributed by atoms with Gasteiger partial charge < -0.3 is 20.7 Å². The largest absolute Gasteiger partial charge is 0.370 e. The van der Waals surface area contributed by atoms with E-state index < -0.39 is 0 Å². The lowest BCUT2D eigenvalue weighted by Gasteiger charge is -2.20. The third-order valence-electron chi connectivity index (χ3n) is 3.13. The molecule has 3 N–H and O–H groups in total. The van der Waals surface area contributed by atoms with Crippen molar-refractivity contribution in [3.05, 3.63) is 0 Å². The van der Waals surface area contributed by atoms with Crippen LogP contribution < -0.4 is 11.1 Å². The van der Waals surface area contributed by atoms with Crippen molar-refractivity contribution < 1.29 is 9.53 Å². The molecule has 100 valence electrons. The van der Waals surface area contributed by atoms with Crippen LogP contribution in [0, 0.1) is 5.92 Å². The van der Waals surface area contributed by atoms with Gasteiger partial charge in [-0.3, -0.25) is 4.79 Å². The molecule has 0 aromatic rings. The lowest BCUT2D eigenvalue weighted by atomic mass is 10.1. The molecule has 17 heavy (non-hydrogen) atoms. The minimum Gasteiger partial charge on any atom is -0.370 e. The highest BCUT2D eigenvalue weighted by molar-refractivity contribution is 5.77. The molecule has 0 aliphatic carbocycles. The number of hydrogen-bond donors (Lipinski definition) is 2. The monoisotopic (exact) mass is 243 g/mol. The molecule has 1 unspecified atom stereocenters. The fraction of sp³-hybridized carbons (Fsp3) is 0.917. The number of nitrogens with two attached hydrogens (primary N) is 1. The average molecular weight is 243 g/mol. The number of ether oxygens (including phenoxy) is 1. The van der Waals surface area contributed by atoms with Gasteiger partial charge in [0.25, 0.3) is 0 Å². The molecule has 5 heteroatoms. The Bertz CT molecular complexity index is 234. The van der Waals surface area contributed by atoms with Gasteiger partial charge >= 0.3 is 0 Å². The Morgan fingerprint density at radius 2 is 2.35 bits per heavy atom. The van der Waals surface area contributed by atoms with Gasteiger partial charge in [0.05, 0.1) is 6.61 Å². The molecule has 1 amide bonds. The smallest absolute Gasteiger partial charge is 0.246 e. The van der Waals surface area contributed by atoms with Crippen molar-refractivity contribution in [2.24, 2.45) is 11.7 Å². The Kier molecular flexibility index (Phi) is 6.47.